The Labute approximate surface area is 278 Å². The van der Waals surface area contributed by atoms with Gasteiger partial charge in [-0.05, 0) is 0 Å². The van der Waals surface area contributed by atoms with E-state index in [1.165, 1.54) is 47.1 Å². The number of aromatic nitrogens is 2. The van der Waals surface area contributed by atoms with Gasteiger partial charge in [0.15, 0.2) is 0 Å². The molecule has 5 rings (SSSR count). The maximum absolute atomic E-state index is 5.04. The average molecular weight is 689 g/mol. The van der Waals surface area contributed by atoms with Crippen LogP contribution in [0, 0.1) is 3.89 Å². The van der Waals surface area contributed by atoms with E-state index in [1.54, 1.807) is 0 Å². The minimum absolute atomic E-state index is 0.123. The van der Waals surface area contributed by atoms with Gasteiger partial charge in [-0.3, -0.25) is 0 Å². The van der Waals surface area contributed by atoms with Crippen molar-refractivity contribution in [1.82, 2.24) is 9.13 Å². The first-order valence-corrected chi connectivity index (χ1v) is 17.8. The minimum atomic E-state index is 0.123. The van der Waals surface area contributed by atoms with Gasteiger partial charge >= 0.3 is 280 Å². The monoisotopic (exact) mass is 688 g/mol. The molecule has 5 aromatic rings. The molecule has 0 atom stereocenters. The second kappa shape index (κ2) is 14.2. The van der Waals surface area contributed by atoms with Gasteiger partial charge in [-0.2, -0.15) is 0 Å². The number of benzene rings is 4. The molecule has 0 amide bonds. The molecule has 45 heavy (non-hydrogen) atoms. The van der Waals surface area contributed by atoms with Gasteiger partial charge in [0.05, 0.1) is 0 Å². The van der Waals surface area contributed by atoms with Gasteiger partial charge in [0.2, 0.25) is 0 Å². The molecule has 0 aliphatic heterocycles. The number of rotatable bonds is 9. The summed E-state index contributed by atoms with van der Waals surface area (Å²) in [5.41, 5.74) is 11.4. The van der Waals surface area contributed by atoms with Crippen LogP contribution in [0.2, 0.25) is 0 Å². The Bertz CT molecular complexity index is 1730. The van der Waals surface area contributed by atoms with E-state index in [0.717, 1.165) is 11.4 Å². The summed E-state index contributed by atoms with van der Waals surface area (Å²) in [4.78, 5) is 5.04. The zero-order valence-electron chi connectivity index (χ0n) is 28.3. The molecule has 0 aliphatic rings. The van der Waals surface area contributed by atoms with Gasteiger partial charge in [0, 0.05) is 0 Å². The molecular weight excluding hydrogens is 641 g/mol. The quantitative estimate of drug-likeness (QED) is 0.109. The van der Waals surface area contributed by atoms with E-state index >= 15 is 0 Å². The van der Waals surface area contributed by atoms with E-state index in [9.17, 15) is 0 Å². The molecule has 237 valence electrons. The molecule has 4 heteroatoms. The van der Waals surface area contributed by atoms with Crippen LogP contribution in [0.15, 0.2) is 108 Å². The molecule has 1 heterocycles. The molecule has 0 saturated carbocycles. The summed E-state index contributed by atoms with van der Waals surface area (Å²) in [6, 6.07) is 32.9. The van der Waals surface area contributed by atoms with Crippen molar-refractivity contribution in [2.45, 2.75) is 86.0 Å². The second-order valence-corrected chi connectivity index (χ2v) is 14.9. The molecular formula is C41H48N3Pd. The van der Waals surface area contributed by atoms with E-state index < -0.39 is 0 Å². The average Bonchev–Trinajstić information content (AvgIpc) is 3.43. The third kappa shape index (κ3) is 6.99. The third-order valence-corrected chi connectivity index (χ3v) is 10.5. The molecule has 4 aromatic carbocycles. The third-order valence-electron chi connectivity index (χ3n) is 8.34. The Morgan fingerprint density at radius 3 is 1.40 bits per heavy atom. The van der Waals surface area contributed by atoms with Crippen LogP contribution in [0.4, 0.5) is 5.69 Å². The number of hydrogen-bond acceptors (Lipinski definition) is 1. The molecule has 0 aliphatic carbocycles. The fourth-order valence-electron chi connectivity index (χ4n) is 5.97. The van der Waals surface area contributed by atoms with Crippen LogP contribution in [0.1, 0.15) is 114 Å². The fourth-order valence-corrected chi connectivity index (χ4v) is 8.20. The van der Waals surface area contributed by atoms with E-state index in [0.29, 0.717) is 23.7 Å². The van der Waals surface area contributed by atoms with Crippen LogP contribution in [0.5, 0.6) is 0 Å². The van der Waals surface area contributed by atoms with Gasteiger partial charge in [0.1, 0.15) is 0 Å². The van der Waals surface area contributed by atoms with E-state index in [-0.39, 0.29) is 17.5 Å². The van der Waals surface area contributed by atoms with E-state index in [2.05, 4.69) is 157 Å². The number of imidazole rings is 1. The van der Waals surface area contributed by atoms with Crippen molar-refractivity contribution in [2.75, 3.05) is 0 Å². The molecule has 0 bridgehead atoms. The number of hydrogen-bond donors (Lipinski definition) is 0. The summed E-state index contributed by atoms with van der Waals surface area (Å²) in [6.07, 6.45) is 4.63. The van der Waals surface area contributed by atoms with Gasteiger partial charge in [-0.15, -0.1) is 0 Å². The van der Waals surface area contributed by atoms with Crippen molar-refractivity contribution in [3.8, 4) is 11.4 Å². The standard InChI is InChI=1S/C27H36N2.C14H12N.Pd/c1-18(2)22-11-9-12-23(19(3)4)26(22)28-15-16-29(17-28)27-24(20(5)6)13-10-14-25(27)21(7)8;1-12(13-8-4-2-5-9-13)15-14-10-6-3-7-11-14;/h9-16,18-21H,1-8H3;2-8,10-11H,1H3;. The molecule has 0 radical (unpaired) electrons. The molecule has 3 nitrogen and oxygen atoms in total. The van der Waals surface area contributed by atoms with Crippen LogP contribution >= 0.6 is 0 Å². The Kier molecular flexibility index (Phi) is 10.4. The molecule has 0 saturated heterocycles. The zero-order valence-corrected chi connectivity index (χ0v) is 29.8. The summed E-state index contributed by atoms with van der Waals surface area (Å²) < 4.78 is 7.65. The number of aliphatic imine (C=N–C) groups is 1. The normalized spacial score (nSPS) is 12.3. The Hall–Kier alpha value is -3.58. The van der Waals surface area contributed by atoms with Crippen molar-refractivity contribution in [3.63, 3.8) is 0 Å². The molecule has 0 N–H and O–H groups in total. The Morgan fingerprint density at radius 1 is 0.533 bits per heavy atom. The molecule has 0 unspecified atom stereocenters. The molecule has 0 fully saturated rings. The predicted octanol–water partition coefficient (Wildman–Crippen LogP) is 10.8. The zero-order chi connectivity index (χ0) is 32.2. The van der Waals surface area contributed by atoms with Gasteiger partial charge in [-0.1, -0.05) is 0 Å². The van der Waals surface area contributed by atoms with E-state index in [1.807, 2.05) is 18.2 Å². The summed E-state index contributed by atoms with van der Waals surface area (Å²) >= 11 is 0.123. The van der Waals surface area contributed by atoms with Crippen LogP contribution in [-0.2, 0) is 17.5 Å². The van der Waals surface area contributed by atoms with Crippen molar-refractivity contribution in [1.29, 1.82) is 0 Å². The second-order valence-electron chi connectivity index (χ2n) is 13.0. The van der Waals surface area contributed by atoms with Gasteiger partial charge in [0.25, 0.3) is 0 Å². The molecule has 1 aromatic heterocycles. The van der Waals surface area contributed by atoms with Crippen molar-refractivity contribution in [3.05, 3.63) is 135 Å². The van der Waals surface area contributed by atoms with Crippen LogP contribution in [-0.4, -0.2) is 14.8 Å². The fraction of sp³-hybridized carbons (Fsp3) is 0.317. The first-order chi connectivity index (χ1) is 21.6. The maximum atomic E-state index is 5.04. The van der Waals surface area contributed by atoms with Crippen molar-refractivity contribution >= 4 is 15.4 Å². The first-order valence-electron chi connectivity index (χ1n) is 16.3. The number of nitrogens with zero attached hydrogens (tertiary/aromatic N) is 3. The summed E-state index contributed by atoms with van der Waals surface area (Å²) in [5, 5.41) is 0. The summed E-state index contributed by atoms with van der Waals surface area (Å²) in [5.74, 6) is 1.59. The SMILES string of the molecule is CC(=Nc1ccccc1)c1cccc[c]1[Pd]=[c]1n(-c2c(C(C)C)cccc2C(C)C)ccn1-c1c(C(C)C)cccc1C(C)C. The topological polar surface area (TPSA) is 22.2 Å². The Balaban J connectivity index is 1.90. The van der Waals surface area contributed by atoms with Crippen molar-refractivity contribution < 1.29 is 17.5 Å². The first kappa shape index (κ1) is 32.8. The molecule has 0 spiro atoms. The van der Waals surface area contributed by atoms with E-state index in [4.69, 9.17) is 4.99 Å². The summed E-state index contributed by atoms with van der Waals surface area (Å²) in [6.45, 7) is 20.6. The van der Waals surface area contributed by atoms with Crippen LogP contribution < -0.4 is 4.04 Å². The van der Waals surface area contributed by atoms with Crippen molar-refractivity contribution in [2.24, 2.45) is 4.99 Å². The predicted molar refractivity (Wildman–Crippen MR) is 189 cm³/mol. The van der Waals surface area contributed by atoms with Crippen LogP contribution in [0.3, 0.4) is 0 Å². The van der Waals surface area contributed by atoms with Gasteiger partial charge < -0.3 is 0 Å². The Morgan fingerprint density at radius 2 is 0.956 bits per heavy atom. The number of para-hydroxylation sites is 3. The van der Waals surface area contributed by atoms with Gasteiger partial charge in [-0.25, -0.2) is 0 Å². The summed E-state index contributed by atoms with van der Waals surface area (Å²) in [7, 11) is 0. The van der Waals surface area contributed by atoms with Crippen LogP contribution in [0.25, 0.3) is 11.4 Å².